The Kier molecular flexibility index (Phi) is 66.4. The van der Waals surface area contributed by atoms with Crippen LogP contribution in [0, 0.1) is 0 Å². The third-order valence-corrected chi connectivity index (χ3v) is 23.3. The van der Waals surface area contributed by atoms with Gasteiger partial charge in [0.05, 0.1) is 0 Å². The summed E-state index contributed by atoms with van der Waals surface area (Å²) in [5, 5.41) is 0. The van der Waals surface area contributed by atoms with Crippen molar-refractivity contribution in [2.75, 3.05) is 0 Å². The summed E-state index contributed by atoms with van der Waals surface area (Å²) >= 11 is 1.05. The summed E-state index contributed by atoms with van der Waals surface area (Å²) in [6, 6.07) is 17.8. The SMILES string of the molecule is CCCCCCC1=C(c2cccc(CCCC)c2)[N+](=[N-])C(c2cccc(CCCC)c2)=C1CCCC.CCCCCCCCCCCCCCCCCCCCCCCCCCCC[CH2][Pd][CH2]CCCCCCCCCCCCCCCCCCCCCCCCCCCC. The summed E-state index contributed by atoms with van der Waals surface area (Å²) in [4.78, 5) is 3.10. The molecule has 0 fully saturated rings. The monoisotopic (exact) mass is 1410 g/mol. The van der Waals surface area contributed by atoms with Crippen LogP contribution in [0.3, 0.4) is 0 Å². The zero-order valence-electron chi connectivity index (χ0n) is 65.3. The van der Waals surface area contributed by atoms with Gasteiger partial charge in [-0.1, -0.05) is 310 Å². The first-order valence-corrected chi connectivity index (χ1v) is 45.8. The Morgan fingerprint density at radius 1 is 0.232 bits per heavy atom. The molecule has 0 amide bonds. The van der Waals surface area contributed by atoms with Gasteiger partial charge in [0, 0.05) is 22.3 Å². The summed E-state index contributed by atoms with van der Waals surface area (Å²) in [6.07, 6.45) is 96.8. The fourth-order valence-corrected chi connectivity index (χ4v) is 16.7. The molecule has 0 saturated heterocycles. The summed E-state index contributed by atoms with van der Waals surface area (Å²) in [6.45, 7) is 13.7. The van der Waals surface area contributed by atoms with E-state index in [9.17, 15) is 5.53 Å². The van der Waals surface area contributed by atoms with Crippen molar-refractivity contribution in [3.8, 4) is 0 Å². The van der Waals surface area contributed by atoms with E-state index in [2.05, 4.69) is 90.1 Å². The van der Waals surface area contributed by atoms with Crippen molar-refractivity contribution in [3.63, 3.8) is 0 Å². The van der Waals surface area contributed by atoms with Gasteiger partial charge in [-0.15, -0.1) is 0 Å². The van der Waals surface area contributed by atoms with Crippen LogP contribution in [-0.4, -0.2) is 4.70 Å². The number of hydrogen-bond acceptors (Lipinski definition) is 0. The molecule has 2 nitrogen and oxygen atoms in total. The molecule has 1 aliphatic rings. The predicted octanol–water partition coefficient (Wildman–Crippen LogP) is 33.7. The van der Waals surface area contributed by atoms with Crippen LogP contribution >= 0.6 is 0 Å². The molecule has 554 valence electrons. The van der Waals surface area contributed by atoms with E-state index >= 15 is 0 Å². The summed E-state index contributed by atoms with van der Waals surface area (Å²) in [5.74, 6) is 0. The zero-order chi connectivity index (χ0) is 68.1. The fraction of sp³-hybridized carbons (Fsp3) is 0.826. The second-order valence-electron chi connectivity index (χ2n) is 30.3. The van der Waals surface area contributed by atoms with Crippen LogP contribution in [0.25, 0.3) is 16.9 Å². The minimum absolute atomic E-state index is 1.02. The molecule has 0 aromatic heterocycles. The molecule has 0 atom stereocenters. The number of allylic oxidation sites excluding steroid dienone is 2. The Morgan fingerprint density at radius 2 is 0.432 bits per heavy atom. The molecule has 95 heavy (non-hydrogen) atoms. The van der Waals surface area contributed by atoms with E-state index in [-0.39, 0.29) is 0 Å². The number of hydrogen-bond donors (Lipinski definition) is 0. The van der Waals surface area contributed by atoms with Crippen molar-refractivity contribution in [3.05, 3.63) is 87.5 Å². The van der Waals surface area contributed by atoms with Crippen LogP contribution < -0.4 is 0 Å². The molecule has 0 saturated carbocycles. The maximum atomic E-state index is 11.8. The van der Waals surface area contributed by atoms with Crippen LogP contribution in [0.2, 0.25) is 9.79 Å². The maximum absolute atomic E-state index is 11.8. The van der Waals surface area contributed by atoms with Crippen molar-refractivity contribution < 1.29 is 22.7 Å². The Hall–Kier alpha value is -1.82. The van der Waals surface area contributed by atoms with Gasteiger partial charge in [-0.25, -0.2) is 4.70 Å². The standard InChI is InChI=1S/C34H48N2.2C29H59.Pd/c1-5-9-13-14-24-32-31(23-12-8-4)33(29-21-15-19-27(25-29)17-10-6-2)36(35)34(32)30-22-16-20-28(26-30)18-11-7-3;2*1-3-5-7-9-11-13-15-17-19-21-23-25-27-29-28-26-24-22-20-18-16-14-12-10-8-6-4-2;/h15-16,19-22,25-26H,5-14,17-18,23-24H2,1-4H3;2*1,3-29H2,2H3;. The van der Waals surface area contributed by atoms with E-state index in [4.69, 9.17) is 0 Å². The Bertz CT molecular complexity index is 1950. The normalized spacial score (nSPS) is 12.5. The minimum atomic E-state index is 1.02. The molecule has 3 heteroatoms. The Labute approximate surface area is 605 Å². The Morgan fingerprint density at radius 3 is 0.674 bits per heavy atom. The quantitative estimate of drug-likeness (QED) is 0.0358. The van der Waals surface area contributed by atoms with E-state index < -0.39 is 0 Å². The van der Waals surface area contributed by atoms with Gasteiger partial charge < -0.3 is 5.53 Å². The van der Waals surface area contributed by atoms with Crippen LogP contribution in [0.15, 0.2) is 59.7 Å². The Balaban J connectivity index is 0.000000722. The van der Waals surface area contributed by atoms with Crippen molar-refractivity contribution in [2.24, 2.45) is 0 Å². The second kappa shape index (κ2) is 70.6. The van der Waals surface area contributed by atoms with Gasteiger partial charge in [0.1, 0.15) is 0 Å². The number of unbranched alkanes of at least 4 members (excludes halogenated alkanes) is 58. The van der Waals surface area contributed by atoms with Gasteiger partial charge in [-0.2, -0.15) is 0 Å². The third-order valence-electron chi connectivity index (χ3n) is 21.1. The first-order chi connectivity index (χ1) is 47.1. The van der Waals surface area contributed by atoms with Gasteiger partial charge in [-0.05, 0) is 86.8 Å². The molecule has 3 rings (SSSR count). The molecule has 0 spiro atoms. The zero-order valence-corrected chi connectivity index (χ0v) is 66.9. The van der Waals surface area contributed by atoms with E-state index in [1.807, 2.05) is 0 Å². The van der Waals surface area contributed by atoms with Crippen molar-refractivity contribution >= 4 is 11.4 Å². The molecule has 0 aliphatic carbocycles. The fourth-order valence-electron chi connectivity index (χ4n) is 14.8. The van der Waals surface area contributed by atoms with E-state index in [0.29, 0.717) is 0 Å². The molecule has 0 unspecified atom stereocenters. The molecular formula is C92H166N2Pd. The van der Waals surface area contributed by atoms with Crippen molar-refractivity contribution in [1.82, 2.24) is 0 Å². The van der Waals surface area contributed by atoms with Crippen LogP contribution in [0.1, 0.15) is 488 Å². The molecule has 2 aromatic carbocycles. The van der Waals surface area contributed by atoms with Crippen molar-refractivity contribution in [2.45, 2.75) is 488 Å². The van der Waals surface area contributed by atoms with E-state index in [1.54, 1.807) is 14.5 Å². The van der Waals surface area contributed by atoms with Crippen LogP contribution in [0.4, 0.5) is 0 Å². The molecule has 0 N–H and O–H groups in total. The summed E-state index contributed by atoms with van der Waals surface area (Å²) < 4.78 is 1.55. The second-order valence-corrected chi connectivity index (χ2v) is 32.7. The van der Waals surface area contributed by atoms with Crippen LogP contribution in [0.5, 0.6) is 0 Å². The van der Waals surface area contributed by atoms with Crippen LogP contribution in [-0.2, 0) is 30.8 Å². The minimum Gasteiger partial charge on any atom is -0.0654 e. The molecule has 1 aliphatic heterocycles. The van der Waals surface area contributed by atoms with Gasteiger partial charge in [0.25, 0.3) is 0 Å². The molecule has 0 bridgehead atoms. The summed E-state index contributed by atoms with van der Waals surface area (Å²) in [7, 11) is 0. The summed E-state index contributed by atoms with van der Waals surface area (Å²) in [5.41, 5.74) is 21.6. The van der Waals surface area contributed by atoms with Gasteiger partial charge in [0.15, 0.2) is 0 Å². The van der Waals surface area contributed by atoms with E-state index in [0.717, 1.165) is 79.0 Å². The number of nitrogens with zero attached hydrogens (tertiary/aromatic N) is 2. The van der Waals surface area contributed by atoms with E-state index in [1.165, 1.54) is 420 Å². The third kappa shape index (κ3) is 51.9. The topological polar surface area (TPSA) is 25.3 Å². The number of benzene rings is 2. The van der Waals surface area contributed by atoms with Gasteiger partial charge >= 0.3 is 169 Å². The number of rotatable bonds is 72. The average molecular weight is 1410 g/mol. The van der Waals surface area contributed by atoms with Gasteiger partial charge in [-0.3, -0.25) is 0 Å². The van der Waals surface area contributed by atoms with Gasteiger partial charge in [0.2, 0.25) is 11.4 Å². The number of aryl methyl sites for hydroxylation is 2. The molecule has 2 aromatic rings. The average Bonchev–Trinajstić information content (AvgIpc) is 1.61. The first kappa shape index (κ1) is 89.3. The van der Waals surface area contributed by atoms with Crippen molar-refractivity contribution in [1.29, 1.82) is 0 Å². The smallest absolute Gasteiger partial charge is 0.0654 e. The molecule has 1 heterocycles. The first-order valence-electron chi connectivity index (χ1n) is 43.6. The predicted molar refractivity (Wildman–Crippen MR) is 426 cm³/mol. The molecular weight excluding hydrogens is 1240 g/mol. The molecule has 0 radical (unpaired) electrons.